The van der Waals surface area contributed by atoms with Crippen LogP contribution < -0.4 is 10.6 Å². The minimum Gasteiger partial charge on any atom is -0.381 e. The number of rotatable bonds is 4. The molecule has 126 valence electrons. The molecular weight excluding hydrogens is 278 g/mol. The van der Waals surface area contributed by atoms with Gasteiger partial charge in [0.1, 0.15) is 11.4 Å². The van der Waals surface area contributed by atoms with Crippen LogP contribution in [-0.4, -0.2) is 43.6 Å². The van der Waals surface area contributed by atoms with Gasteiger partial charge in [-0.2, -0.15) is 0 Å². The largest absolute Gasteiger partial charge is 0.381 e. The van der Waals surface area contributed by atoms with Crippen LogP contribution >= 0.6 is 0 Å². The molecule has 5 heteroatoms. The number of amides is 1. The zero-order chi connectivity index (χ0) is 14.7. The number of amidine groups is 1. The van der Waals surface area contributed by atoms with Crippen molar-refractivity contribution in [2.24, 2.45) is 16.8 Å². The van der Waals surface area contributed by atoms with Crippen molar-refractivity contribution in [3.8, 4) is 0 Å². The Labute approximate surface area is 134 Å². The molecule has 1 saturated carbocycles. The van der Waals surface area contributed by atoms with Crippen molar-refractivity contribution in [3.05, 3.63) is 0 Å². The highest BCUT2D eigenvalue weighted by molar-refractivity contribution is 6.09. The number of nitrogens with one attached hydrogen (secondary N) is 2. The molecule has 1 aliphatic carbocycles. The van der Waals surface area contributed by atoms with E-state index in [2.05, 4.69) is 10.6 Å². The van der Waals surface area contributed by atoms with Crippen LogP contribution in [0.25, 0.3) is 0 Å². The normalized spacial score (nSPS) is 30.6. The number of hydrogen-bond acceptors (Lipinski definition) is 4. The third-order valence-corrected chi connectivity index (χ3v) is 5.22. The van der Waals surface area contributed by atoms with Crippen molar-refractivity contribution in [2.45, 2.75) is 58.4 Å². The maximum absolute atomic E-state index is 12.3. The molecule has 1 spiro atoms. The van der Waals surface area contributed by atoms with E-state index in [1.807, 2.05) is 6.92 Å². The zero-order valence-corrected chi connectivity index (χ0v) is 13.0. The Morgan fingerprint density at radius 2 is 1.91 bits per heavy atom. The summed E-state index contributed by atoms with van der Waals surface area (Å²) in [5.41, 5.74) is -0.456. The molecule has 0 unspecified atom stereocenters. The lowest BCUT2D eigenvalue weighted by molar-refractivity contribution is -0.124. The predicted molar refractivity (Wildman–Crippen MR) is 89.1 cm³/mol. The van der Waals surface area contributed by atoms with Gasteiger partial charge in [-0.05, 0) is 64.5 Å². The minimum atomic E-state index is -0.456. The quantitative estimate of drug-likeness (QED) is 0.836. The number of piperidine rings is 1. The van der Waals surface area contributed by atoms with E-state index >= 15 is 0 Å². The monoisotopic (exact) mass is 309 g/mol. The molecule has 0 bridgehead atoms. The van der Waals surface area contributed by atoms with Gasteiger partial charge in [0.25, 0.3) is 5.91 Å². The third kappa shape index (κ3) is 3.51. The molecule has 2 fully saturated rings. The zero-order valence-electron chi connectivity index (χ0n) is 13.0. The topological polar surface area (TPSA) is 62.7 Å². The summed E-state index contributed by atoms with van der Waals surface area (Å²) in [7, 11) is 0. The average molecular weight is 309 g/mol. The number of hydrogen-bond donors (Lipinski definition) is 2. The number of carbonyl (C=O) groups is 1. The lowest BCUT2D eigenvalue weighted by Crippen LogP contribution is -2.47. The molecular formula is C17H31N3O2. The van der Waals surface area contributed by atoms with Crippen molar-refractivity contribution in [1.29, 1.82) is 0 Å². The Morgan fingerprint density at radius 3 is 2.55 bits per heavy atom. The molecule has 5 nitrogen and oxygen atoms in total. The van der Waals surface area contributed by atoms with Gasteiger partial charge in [0.05, 0.1) is 0 Å². The molecule has 1 saturated heterocycles. The summed E-state index contributed by atoms with van der Waals surface area (Å²) in [6.45, 7) is 5.53. The molecule has 2 N–H and O–H groups in total. The number of nitrogens with zero attached hydrogens (tertiary/aromatic N) is 1. The first-order chi connectivity index (χ1) is 10.2. The van der Waals surface area contributed by atoms with Gasteiger partial charge in [0.2, 0.25) is 0 Å². The molecule has 0 atom stereocenters. The van der Waals surface area contributed by atoms with Gasteiger partial charge in [-0.15, -0.1) is 0 Å². The lowest BCUT2D eigenvalue weighted by atomic mass is 9.82. The van der Waals surface area contributed by atoms with Gasteiger partial charge < -0.3 is 15.4 Å². The van der Waals surface area contributed by atoms with Gasteiger partial charge in [-0.1, -0.05) is 7.43 Å². The Bertz CT molecular complexity index is 408. The van der Waals surface area contributed by atoms with Crippen molar-refractivity contribution >= 4 is 11.7 Å². The third-order valence-electron chi connectivity index (χ3n) is 5.22. The van der Waals surface area contributed by atoms with Crippen LogP contribution in [0.15, 0.2) is 4.99 Å². The minimum absolute atomic E-state index is 0. The number of carbonyl (C=O) groups excluding carboxylic acids is 1. The fraction of sp³-hybridized carbons (Fsp3) is 0.882. The summed E-state index contributed by atoms with van der Waals surface area (Å²) in [5, 5.41) is 6.41. The van der Waals surface area contributed by atoms with Crippen LogP contribution in [0.3, 0.4) is 0 Å². The Morgan fingerprint density at radius 1 is 1.23 bits per heavy atom. The Balaban J connectivity index is 0.00000176. The molecule has 22 heavy (non-hydrogen) atoms. The fourth-order valence-corrected chi connectivity index (χ4v) is 3.80. The van der Waals surface area contributed by atoms with Crippen LogP contribution in [0.2, 0.25) is 0 Å². The number of ether oxygens (including phenoxy) is 1. The van der Waals surface area contributed by atoms with Gasteiger partial charge in [-0.25, -0.2) is 0 Å². The SMILES string of the molecule is C.CCOCC1CCC(C2=NC3(CCNCC3)C(=O)N2)CC1. The first kappa shape index (κ1) is 17.4. The maximum Gasteiger partial charge on any atom is 0.253 e. The molecule has 0 aromatic carbocycles. The van der Waals surface area contributed by atoms with Crippen molar-refractivity contribution < 1.29 is 9.53 Å². The first-order valence-corrected chi connectivity index (χ1v) is 8.43. The second-order valence-electron chi connectivity index (χ2n) is 6.61. The van der Waals surface area contributed by atoms with E-state index < -0.39 is 5.54 Å². The predicted octanol–water partition coefficient (Wildman–Crippen LogP) is 2.12. The van der Waals surface area contributed by atoms with E-state index in [-0.39, 0.29) is 13.3 Å². The van der Waals surface area contributed by atoms with Crippen LogP contribution in [0, 0.1) is 11.8 Å². The Kier molecular flexibility index (Phi) is 5.98. The molecule has 0 aromatic rings. The van der Waals surface area contributed by atoms with Crippen LogP contribution in [0.1, 0.15) is 52.9 Å². The van der Waals surface area contributed by atoms with E-state index in [0.717, 1.165) is 57.8 Å². The summed E-state index contributed by atoms with van der Waals surface area (Å²) < 4.78 is 5.53. The second-order valence-corrected chi connectivity index (χ2v) is 6.61. The van der Waals surface area contributed by atoms with Gasteiger partial charge >= 0.3 is 0 Å². The van der Waals surface area contributed by atoms with Crippen molar-refractivity contribution in [1.82, 2.24) is 10.6 Å². The van der Waals surface area contributed by atoms with Gasteiger partial charge in [0.15, 0.2) is 0 Å². The van der Waals surface area contributed by atoms with Crippen LogP contribution in [0.5, 0.6) is 0 Å². The highest BCUT2D eigenvalue weighted by Gasteiger charge is 2.45. The lowest BCUT2D eigenvalue weighted by Gasteiger charge is -2.28. The molecule has 2 aliphatic heterocycles. The summed E-state index contributed by atoms with van der Waals surface area (Å²) >= 11 is 0. The summed E-state index contributed by atoms with van der Waals surface area (Å²) in [6, 6.07) is 0. The fourth-order valence-electron chi connectivity index (χ4n) is 3.80. The highest BCUT2D eigenvalue weighted by atomic mass is 16.5. The smallest absolute Gasteiger partial charge is 0.253 e. The molecule has 0 aromatic heterocycles. The summed E-state index contributed by atoms with van der Waals surface area (Å²) in [6.07, 6.45) is 6.31. The van der Waals surface area contributed by atoms with Crippen LogP contribution in [0.4, 0.5) is 0 Å². The second kappa shape index (κ2) is 7.55. The van der Waals surface area contributed by atoms with Crippen molar-refractivity contribution in [3.63, 3.8) is 0 Å². The van der Waals surface area contributed by atoms with Crippen LogP contribution in [-0.2, 0) is 9.53 Å². The number of aliphatic imine (C=N–C) groups is 1. The molecule has 0 radical (unpaired) electrons. The Hall–Kier alpha value is -0.940. The van der Waals surface area contributed by atoms with Gasteiger partial charge in [0, 0.05) is 19.1 Å². The van der Waals surface area contributed by atoms with Crippen molar-refractivity contribution in [2.75, 3.05) is 26.3 Å². The molecule has 3 rings (SSSR count). The molecule has 3 aliphatic rings. The average Bonchev–Trinajstić information content (AvgIpc) is 2.83. The summed E-state index contributed by atoms with van der Waals surface area (Å²) in [5.74, 6) is 2.24. The molecule has 2 heterocycles. The highest BCUT2D eigenvalue weighted by Crippen LogP contribution is 2.34. The summed E-state index contributed by atoms with van der Waals surface area (Å²) in [4.78, 5) is 17.2. The van der Waals surface area contributed by atoms with E-state index in [1.54, 1.807) is 0 Å². The van der Waals surface area contributed by atoms with E-state index in [9.17, 15) is 4.79 Å². The standard InChI is InChI=1S/C16H27N3O2.CH4/c1-2-21-11-12-3-5-13(6-4-12)14-18-15(20)16(19-14)7-9-17-10-8-16;/h12-13,17H,2-11H2,1H3,(H,18,19,20);1H4. The van der Waals surface area contributed by atoms with Gasteiger partial charge in [-0.3, -0.25) is 9.79 Å². The van der Waals surface area contributed by atoms with E-state index in [0.29, 0.717) is 11.8 Å². The first-order valence-electron chi connectivity index (χ1n) is 8.43. The maximum atomic E-state index is 12.3. The van der Waals surface area contributed by atoms with E-state index in [4.69, 9.17) is 9.73 Å². The molecule has 1 amide bonds. The van der Waals surface area contributed by atoms with E-state index in [1.165, 1.54) is 12.8 Å².